The smallest absolute Gasteiger partial charge is 0.225 e. The van der Waals surface area contributed by atoms with E-state index in [1.54, 1.807) is 11.3 Å². The van der Waals surface area contributed by atoms with Gasteiger partial charge >= 0.3 is 0 Å². The third-order valence-corrected chi connectivity index (χ3v) is 2.60. The van der Waals surface area contributed by atoms with Gasteiger partial charge in [0.2, 0.25) is 11.0 Å². The summed E-state index contributed by atoms with van der Waals surface area (Å²) in [6, 6.07) is 8.40. The van der Waals surface area contributed by atoms with Gasteiger partial charge in [-0.15, -0.1) is 0 Å². The lowest BCUT2D eigenvalue weighted by molar-refractivity contribution is -0.640. The van der Waals surface area contributed by atoms with Crippen LogP contribution < -0.4 is 21.5 Å². The van der Waals surface area contributed by atoms with E-state index in [0.29, 0.717) is 0 Å². The van der Waals surface area contributed by atoms with Crippen molar-refractivity contribution in [3.63, 3.8) is 0 Å². The van der Waals surface area contributed by atoms with E-state index in [0.717, 1.165) is 0 Å². The highest BCUT2D eigenvalue weighted by atomic mass is 79.9. The van der Waals surface area contributed by atoms with E-state index in [1.165, 1.54) is 10.2 Å². The molecule has 0 amide bonds. The van der Waals surface area contributed by atoms with Gasteiger partial charge in [-0.2, -0.15) is 4.57 Å². The van der Waals surface area contributed by atoms with Crippen LogP contribution in [-0.4, -0.2) is 0 Å². The van der Waals surface area contributed by atoms with Gasteiger partial charge in [0.05, 0.1) is 0 Å². The molecule has 0 atom stereocenters. The standard InChI is InChI=1S/C8H8NS.BrH/c1-9-6-10-8-5-3-2-4-7(8)9;/h2-6H,1H3;1H/q+1;/p-1. The molecular formula is C8H8BrNS. The van der Waals surface area contributed by atoms with Gasteiger partial charge in [0, 0.05) is 6.07 Å². The monoisotopic (exact) mass is 229 g/mol. The van der Waals surface area contributed by atoms with Crippen LogP contribution in [0.5, 0.6) is 0 Å². The maximum absolute atomic E-state index is 2.14. The molecule has 0 saturated heterocycles. The number of hydrogen-bond acceptors (Lipinski definition) is 1. The molecule has 2 rings (SSSR count). The van der Waals surface area contributed by atoms with Gasteiger partial charge in [0.25, 0.3) is 0 Å². The Kier molecular flexibility index (Phi) is 2.62. The van der Waals surface area contributed by atoms with Crippen LogP contribution in [-0.2, 0) is 7.05 Å². The molecule has 0 aliphatic rings. The summed E-state index contributed by atoms with van der Waals surface area (Å²) in [4.78, 5) is 0. The Morgan fingerprint density at radius 1 is 1.27 bits per heavy atom. The second-order valence-corrected chi connectivity index (χ2v) is 3.19. The lowest BCUT2D eigenvalue weighted by Gasteiger charge is -1.80. The van der Waals surface area contributed by atoms with E-state index < -0.39 is 0 Å². The normalized spacial score (nSPS) is 9.55. The number of thiazole rings is 1. The number of nitrogens with zero attached hydrogens (tertiary/aromatic N) is 1. The molecule has 0 unspecified atom stereocenters. The van der Waals surface area contributed by atoms with Gasteiger partial charge in [0.1, 0.15) is 11.7 Å². The predicted octanol–water partition coefficient (Wildman–Crippen LogP) is -1.27. The first-order valence-electron chi connectivity index (χ1n) is 3.20. The van der Waals surface area contributed by atoms with E-state index in [2.05, 4.69) is 41.4 Å². The molecule has 0 aliphatic heterocycles. The van der Waals surface area contributed by atoms with Gasteiger partial charge in [-0.25, -0.2) is 0 Å². The Morgan fingerprint density at radius 2 is 2.00 bits per heavy atom. The molecule has 0 radical (unpaired) electrons. The zero-order chi connectivity index (χ0) is 6.97. The van der Waals surface area contributed by atoms with Crippen molar-refractivity contribution in [1.82, 2.24) is 0 Å². The molecule has 0 aliphatic carbocycles. The Labute approximate surface area is 80.1 Å². The Balaban J connectivity index is 0.000000605. The molecular weight excluding hydrogens is 222 g/mol. The zero-order valence-corrected chi connectivity index (χ0v) is 8.52. The van der Waals surface area contributed by atoms with Crippen LogP contribution in [0.4, 0.5) is 0 Å². The SMILES string of the molecule is C[n+]1csc2ccccc21.[Br-]. The van der Waals surface area contributed by atoms with Crippen LogP contribution in [0.3, 0.4) is 0 Å². The molecule has 0 spiro atoms. The number of fused-ring (bicyclic) bond motifs is 1. The average Bonchev–Trinajstić information content (AvgIpc) is 2.34. The number of halogens is 1. The van der Waals surface area contributed by atoms with E-state index >= 15 is 0 Å². The minimum atomic E-state index is 0. The molecule has 11 heavy (non-hydrogen) atoms. The van der Waals surface area contributed by atoms with Crippen LogP contribution in [0.2, 0.25) is 0 Å². The minimum absolute atomic E-state index is 0. The molecule has 1 nitrogen and oxygen atoms in total. The van der Waals surface area contributed by atoms with Crippen molar-refractivity contribution < 1.29 is 21.5 Å². The summed E-state index contributed by atoms with van der Waals surface area (Å²) in [6.07, 6.45) is 0. The Hall–Kier alpha value is -0.410. The molecule has 0 saturated carbocycles. The number of aromatic nitrogens is 1. The maximum atomic E-state index is 2.14. The van der Waals surface area contributed by atoms with E-state index in [9.17, 15) is 0 Å². The molecule has 0 bridgehead atoms. The van der Waals surface area contributed by atoms with Crippen LogP contribution in [0.15, 0.2) is 29.8 Å². The highest BCUT2D eigenvalue weighted by molar-refractivity contribution is 7.16. The van der Waals surface area contributed by atoms with Crippen molar-refractivity contribution >= 4 is 21.6 Å². The molecule has 2 aromatic rings. The number of aryl methyl sites for hydroxylation is 1. The Bertz CT molecular complexity index is 356. The summed E-state index contributed by atoms with van der Waals surface area (Å²) in [5, 5.41) is 0. The van der Waals surface area contributed by atoms with Crippen LogP contribution >= 0.6 is 11.3 Å². The molecule has 58 valence electrons. The summed E-state index contributed by atoms with van der Waals surface area (Å²) in [6.45, 7) is 0. The van der Waals surface area contributed by atoms with Crippen molar-refractivity contribution in [2.24, 2.45) is 7.05 Å². The van der Waals surface area contributed by atoms with Crippen molar-refractivity contribution in [2.45, 2.75) is 0 Å². The predicted molar refractivity (Wildman–Crippen MR) is 43.0 cm³/mol. The average molecular weight is 230 g/mol. The van der Waals surface area contributed by atoms with Gasteiger partial charge in [-0.3, -0.25) is 0 Å². The van der Waals surface area contributed by atoms with Crippen LogP contribution in [0.1, 0.15) is 0 Å². The summed E-state index contributed by atoms with van der Waals surface area (Å²) in [5.74, 6) is 0. The molecule has 1 heterocycles. The van der Waals surface area contributed by atoms with E-state index in [-0.39, 0.29) is 17.0 Å². The van der Waals surface area contributed by atoms with Crippen molar-refractivity contribution in [1.29, 1.82) is 0 Å². The van der Waals surface area contributed by atoms with Crippen molar-refractivity contribution in [2.75, 3.05) is 0 Å². The van der Waals surface area contributed by atoms with Gasteiger partial charge in [-0.1, -0.05) is 23.5 Å². The fourth-order valence-corrected chi connectivity index (χ4v) is 1.92. The lowest BCUT2D eigenvalue weighted by Crippen LogP contribution is -3.00. The minimum Gasteiger partial charge on any atom is -1.00 e. The molecule has 1 aromatic heterocycles. The van der Waals surface area contributed by atoms with Gasteiger partial charge < -0.3 is 17.0 Å². The van der Waals surface area contributed by atoms with Crippen molar-refractivity contribution in [3.05, 3.63) is 29.8 Å². The fraction of sp³-hybridized carbons (Fsp3) is 0.125. The van der Waals surface area contributed by atoms with E-state index in [4.69, 9.17) is 0 Å². The first-order chi connectivity index (χ1) is 4.88. The molecule has 0 fully saturated rings. The number of rotatable bonds is 0. The van der Waals surface area contributed by atoms with Crippen LogP contribution in [0.25, 0.3) is 10.2 Å². The van der Waals surface area contributed by atoms with Gasteiger partial charge in [-0.05, 0) is 6.07 Å². The van der Waals surface area contributed by atoms with E-state index in [1.807, 2.05) is 0 Å². The summed E-state index contributed by atoms with van der Waals surface area (Å²) >= 11 is 1.78. The summed E-state index contributed by atoms with van der Waals surface area (Å²) in [7, 11) is 2.07. The molecule has 3 heteroatoms. The third-order valence-electron chi connectivity index (χ3n) is 1.58. The largest absolute Gasteiger partial charge is 1.00 e. The second kappa shape index (κ2) is 3.32. The van der Waals surface area contributed by atoms with Gasteiger partial charge in [0.15, 0.2) is 0 Å². The zero-order valence-electron chi connectivity index (χ0n) is 6.12. The lowest BCUT2D eigenvalue weighted by atomic mass is 10.3. The fourth-order valence-electron chi connectivity index (χ4n) is 1.04. The highest BCUT2D eigenvalue weighted by Gasteiger charge is 2.03. The molecule has 1 aromatic carbocycles. The quantitative estimate of drug-likeness (QED) is 0.497. The number of para-hydroxylation sites is 1. The number of hydrogen-bond donors (Lipinski definition) is 0. The van der Waals surface area contributed by atoms with Crippen molar-refractivity contribution in [3.8, 4) is 0 Å². The highest BCUT2D eigenvalue weighted by Crippen LogP contribution is 2.13. The molecule has 0 N–H and O–H groups in total. The topological polar surface area (TPSA) is 3.88 Å². The first-order valence-corrected chi connectivity index (χ1v) is 4.08. The first kappa shape index (κ1) is 8.68. The van der Waals surface area contributed by atoms with Crippen LogP contribution in [0, 0.1) is 0 Å². The summed E-state index contributed by atoms with van der Waals surface area (Å²) < 4.78 is 3.49. The second-order valence-electron chi connectivity index (χ2n) is 2.30. The third kappa shape index (κ3) is 1.44. The maximum Gasteiger partial charge on any atom is 0.225 e. The Morgan fingerprint density at radius 3 is 2.73 bits per heavy atom. The number of benzene rings is 1. The summed E-state index contributed by atoms with van der Waals surface area (Å²) in [5.41, 5.74) is 3.43.